The van der Waals surface area contributed by atoms with E-state index >= 15 is 0 Å². The molecule has 0 bridgehead atoms. The molecule has 0 aliphatic rings. The molecule has 0 aromatic carbocycles. The van der Waals surface area contributed by atoms with E-state index < -0.39 is 0 Å². The first-order valence-corrected chi connectivity index (χ1v) is 2.30. The zero-order valence-electron chi connectivity index (χ0n) is 4.60. The van der Waals surface area contributed by atoms with Crippen molar-refractivity contribution in [3.05, 3.63) is 11.6 Å². The molecule has 0 spiro atoms. The van der Waals surface area contributed by atoms with E-state index in [0.29, 0.717) is 12.0 Å². The van der Waals surface area contributed by atoms with Crippen LogP contribution in [0.1, 0.15) is 13.3 Å². The lowest BCUT2D eigenvalue weighted by Gasteiger charge is -1.81. The Bertz CT molecular complexity index is 114. The lowest BCUT2D eigenvalue weighted by Crippen LogP contribution is -1.80. The highest BCUT2D eigenvalue weighted by Gasteiger charge is 1.87. The first kappa shape index (κ1) is 7.08. The van der Waals surface area contributed by atoms with Gasteiger partial charge in [0.1, 0.15) is 0 Å². The van der Waals surface area contributed by atoms with Crippen molar-refractivity contribution in [1.82, 2.24) is 0 Å². The van der Waals surface area contributed by atoms with Crippen LogP contribution < -0.4 is 0 Å². The van der Waals surface area contributed by atoms with Gasteiger partial charge in [-0.3, -0.25) is 9.59 Å². The standard InChI is InChI=1S/C6H6O2/c1-2-6(5-8)3-4-7/h3H,2H2,1H3/b6-3+. The summed E-state index contributed by atoms with van der Waals surface area (Å²) in [6, 6.07) is 0. The van der Waals surface area contributed by atoms with Gasteiger partial charge in [-0.25, -0.2) is 0 Å². The van der Waals surface area contributed by atoms with Gasteiger partial charge in [-0.2, -0.15) is 0 Å². The first-order valence-electron chi connectivity index (χ1n) is 2.30. The molecule has 0 aliphatic carbocycles. The zero-order valence-corrected chi connectivity index (χ0v) is 4.60. The van der Waals surface area contributed by atoms with E-state index in [2.05, 4.69) is 0 Å². The summed E-state index contributed by atoms with van der Waals surface area (Å²) < 4.78 is 0. The lowest BCUT2D eigenvalue weighted by atomic mass is 10.2. The van der Waals surface area contributed by atoms with Crippen molar-refractivity contribution in [3.63, 3.8) is 0 Å². The molecular formula is C6H6O2. The lowest BCUT2D eigenvalue weighted by molar-refractivity contribution is 0.558. The normalized spacial score (nSPS) is 10.9. The van der Waals surface area contributed by atoms with Gasteiger partial charge in [0, 0.05) is 5.57 Å². The van der Waals surface area contributed by atoms with Gasteiger partial charge in [-0.1, -0.05) is 6.92 Å². The predicted molar refractivity (Wildman–Crippen MR) is 29.8 cm³/mol. The average Bonchev–Trinajstić information content (AvgIpc) is 1.83. The molecular weight excluding hydrogens is 104 g/mol. The van der Waals surface area contributed by atoms with Gasteiger partial charge in [0.25, 0.3) is 0 Å². The predicted octanol–water partition coefficient (Wildman–Crippen LogP) is 0.542. The number of allylic oxidation sites excluding steroid dienone is 2. The van der Waals surface area contributed by atoms with Gasteiger partial charge in [-0.05, 0) is 12.5 Å². The molecule has 42 valence electrons. The average molecular weight is 110 g/mol. The molecule has 8 heavy (non-hydrogen) atoms. The molecule has 0 unspecified atom stereocenters. The van der Waals surface area contributed by atoms with Crippen LogP contribution in [0, 0.1) is 0 Å². The number of hydrogen-bond donors (Lipinski definition) is 0. The van der Waals surface area contributed by atoms with Gasteiger partial charge in [0.05, 0.1) is 0 Å². The molecule has 0 N–H and O–H groups in total. The van der Waals surface area contributed by atoms with Crippen molar-refractivity contribution in [1.29, 1.82) is 0 Å². The molecule has 2 nitrogen and oxygen atoms in total. The van der Waals surface area contributed by atoms with E-state index in [1.165, 1.54) is 6.29 Å². The Balaban J connectivity index is 3.84. The second-order valence-electron chi connectivity index (χ2n) is 1.24. The maximum Gasteiger partial charge on any atom is 0.229 e. The van der Waals surface area contributed by atoms with Crippen LogP contribution in [0.3, 0.4) is 0 Å². The van der Waals surface area contributed by atoms with E-state index in [0.717, 1.165) is 6.08 Å². The van der Waals surface area contributed by atoms with Crippen LogP contribution in [0.25, 0.3) is 0 Å². The molecule has 0 aromatic rings. The van der Waals surface area contributed by atoms with Crippen molar-refractivity contribution in [2.24, 2.45) is 0 Å². The monoisotopic (exact) mass is 110 g/mol. The SMILES string of the molecule is CC/C([C]=O)=C\[C]=O. The highest BCUT2D eigenvalue weighted by atomic mass is 16.1. The van der Waals surface area contributed by atoms with Crippen LogP contribution in [0.4, 0.5) is 0 Å². The van der Waals surface area contributed by atoms with Crippen molar-refractivity contribution >= 4 is 12.6 Å². The smallest absolute Gasteiger partial charge is 0.229 e. The second-order valence-corrected chi connectivity index (χ2v) is 1.24. The van der Waals surface area contributed by atoms with E-state index in [4.69, 9.17) is 0 Å². The Labute approximate surface area is 48.2 Å². The topological polar surface area (TPSA) is 34.1 Å². The molecule has 0 atom stereocenters. The van der Waals surface area contributed by atoms with Crippen LogP contribution in [-0.2, 0) is 9.59 Å². The summed E-state index contributed by atoms with van der Waals surface area (Å²) in [7, 11) is 0. The van der Waals surface area contributed by atoms with Crippen LogP contribution in [0.15, 0.2) is 11.6 Å². The molecule has 0 heterocycles. The van der Waals surface area contributed by atoms with Crippen LogP contribution in [-0.4, -0.2) is 12.6 Å². The molecule has 0 amide bonds. The van der Waals surface area contributed by atoms with E-state index in [9.17, 15) is 9.59 Å². The number of rotatable bonds is 3. The summed E-state index contributed by atoms with van der Waals surface area (Å²) in [6.07, 6.45) is 4.73. The minimum atomic E-state index is 0.361. The van der Waals surface area contributed by atoms with Crippen molar-refractivity contribution in [2.75, 3.05) is 0 Å². The molecule has 2 heteroatoms. The summed E-state index contributed by atoms with van der Waals surface area (Å²) in [5.41, 5.74) is 0.361. The summed E-state index contributed by atoms with van der Waals surface area (Å²) in [6.45, 7) is 1.77. The zero-order chi connectivity index (χ0) is 6.41. The molecule has 0 rings (SSSR count). The third kappa shape index (κ3) is 2.29. The van der Waals surface area contributed by atoms with Gasteiger partial charge >= 0.3 is 0 Å². The maximum atomic E-state index is 9.75. The van der Waals surface area contributed by atoms with Gasteiger partial charge < -0.3 is 0 Å². The van der Waals surface area contributed by atoms with Gasteiger partial charge in [0.2, 0.25) is 12.6 Å². The Morgan fingerprint density at radius 3 is 2.38 bits per heavy atom. The quantitative estimate of drug-likeness (QED) is 0.497. The fraction of sp³-hybridized carbons (Fsp3) is 0.333. The van der Waals surface area contributed by atoms with Crippen LogP contribution in [0.2, 0.25) is 0 Å². The number of hydrogen-bond acceptors (Lipinski definition) is 2. The highest BCUT2D eigenvalue weighted by molar-refractivity contribution is 5.82. The van der Waals surface area contributed by atoms with Crippen LogP contribution >= 0.6 is 0 Å². The maximum absolute atomic E-state index is 9.75. The van der Waals surface area contributed by atoms with E-state index in [-0.39, 0.29) is 0 Å². The third-order valence-electron chi connectivity index (χ3n) is 0.745. The Morgan fingerprint density at radius 1 is 1.62 bits per heavy atom. The molecule has 0 fully saturated rings. The summed E-state index contributed by atoms with van der Waals surface area (Å²) in [5.74, 6) is 0. The molecule has 2 radical (unpaired) electrons. The minimum absolute atomic E-state index is 0.361. The van der Waals surface area contributed by atoms with Gasteiger partial charge in [0.15, 0.2) is 0 Å². The third-order valence-corrected chi connectivity index (χ3v) is 0.745. The fourth-order valence-electron chi connectivity index (χ4n) is 0.275. The van der Waals surface area contributed by atoms with Gasteiger partial charge in [-0.15, -0.1) is 0 Å². The van der Waals surface area contributed by atoms with E-state index in [1.807, 2.05) is 0 Å². The molecule has 0 saturated carbocycles. The van der Waals surface area contributed by atoms with E-state index in [1.54, 1.807) is 13.2 Å². The Morgan fingerprint density at radius 2 is 2.25 bits per heavy atom. The summed E-state index contributed by atoms with van der Waals surface area (Å²) in [4.78, 5) is 19.3. The Kier molecular flexibility index (Phi) is 3.76. The summed E-state index contributed by atoms with van der Waals surface area (Å²) >= 11 is 0. The number of carbonyl (C=O) groups excluding carboxylic acids is 2. The second kappa shape index (κ2) is 4.24. The molecule has 0 saturated heterocycles. The van der Waals surface area contributed by atoms with Crippen molar-refractivity contribution in [2.45, 2.75) is 13.3 Å². The largest absolute Gasteiger partial charge is 0.286 e. The van der Waals surface area contributed by atoms with Crippen molar-refractivity contribution in [3.8, 4) is 0 Å². The Hall–Kier alpha value is -0.920. The highest BCUT2D eigenvalue weighted by Crippen LogP contribution is 1.91. The van der Waals surface area contributed by atoms with Crippen LogP contribution in [0.5, 0.6) is 0 Å². The first-order chi connectivity index (χ1) is 3.85. The minimum Gasteiger partial charge on any atom is -0.286 e. The molecule has 0 aliphatic heterocycles. The molecule has 0 aromatic heterocycles. The summed E-state index contributed by atoms with van der Waals surface area (Å²) in [5, 5.41) is 0. The van der Waals surface area contributed by atoms with Crippen molar-refractivity contribution < 1.29 is 9.59 Å². The fourth-order valence-corrected chi connectivity index (χ4v) is 0.275.